The summed E-state index contributed by atoms with van der Waals surface area (Å²) in [5, 5.41) is 8.25. The number of carbonyl (C=O) groups is 1. The summed E-state index contributed by atoms with van der Waals surface area (Å²) in [6.45, 7) is 3.59. The molecule has 76 valence electrons. The van der Waals surface area contributed by atoms with Crippen LogP contribution in [0.25, 0.3) is 0 Å². The molecule has 0 heterocycles. The van der Waals surface area contributed by atoms with Crippen molar-refractivity contribution >= 4 is 23.4 Å². The summed E-state index contributed by atoms with van der Waals surface area (Å²) in [4.78, 5) is 11.4. The first-order valence-corrected chi connectivity index (χ1v) is 5.14. The molecule has 0 aromatic heterocycles. The standard InChI is InChI=1S/C10H13NO2S/c1-6-3-4-9(8(11)5-6)14-7(2)10(12)13/h3-5,7H,11H2,1-2H3,(H,12,13). The Morgan fingerprint density at radius 1 is 1.57 bits per heavy atom. The van der Waals surface area contributed by atoms with E-state index in [0.29, 0.717) is 5.69 Å². The van der Waals surface area contributed by atoms with E-state index in [1.807, 2.05) is 25.1 Å². The third-order valence-electron chi connectivity index (χ3n) is 1.82. The number of anilines is 1. The van der Waals surface area contributed by atoms with Crippen molar-refractivity contribution in [3.05, 3.63) is 23.8 Å². The molecule has 0 aliphatic heterocycles. The molecule has 1 atom stereocenters. The summed E-state index contributed by atoms with van der Waals surface area (Å²) in [6.07, 6.45) is 0. The predicted molar refractivity (Wildman–Crippen MR) is 58.5 cm³/mol. The fourth-order valence-electron chi connectivity index (χ4n) is 1.02. The van der Waals surface area contributed by atoms with Gasteiger partial charge in [0.25, 0.3) is 0 Å². The number of carboxylic acids is 1. The minimum Gasteiger partial charge on any atom is -0.480 e. The molecule has 1 aromatic carbocycles. The molecule has 1 aromatic rings. The van der Waals surface area contributed by atoms with E-state index in [-0.39, 0.29) is 0 Å². The van der Waals surface area contributed by atoms with Crippen LogP contribution in [0.1, 0.15) is 12.5 Å². The summed E-state index contributed by atoms with van der Waals surface area (Å²) in [6, 6.07) is 5.62. The number of aryl methyl sites for hydroxylation is 1. The third-order valence-corrected chi connectivity index (χ3v) is 3.00. The highest BCUT2D eigenvalue weighted by Gasteiger charge is 2.13. The summed E-state index contributed by atoms with van der Waals surface area (Å²) in [5.74, 6) is -0.824. The van der Waals surface area contributed by atoms with Crippen LogP contribution < -0.4 is 5.73 Å². The van der Waals surface area contributed by atoms with Crippen LogP contribution in [-0.4, -0.2) is 16.3 Å². The van der Waals surface area contributed by atoms with Crippen LogP contribution >= 0.6 is 11.8 Å². The van der Waals surface area contributed by atoms with E-state index >= 15 is 0 Å². The van der Waals surface area contributed by atoms with Crippen LogP contribution in [-0.2, 0) is 4.79 Å². The molecule has 3 nitrogen and oxygen atoms in total. The Morgan fingerprint density at radius 3 is 2.71 bits per heavy atom. The SMILES string of the molecule is Cc1ccc(SC(C)C(=O)O)c(N)c1. The van der Waals surface area contributed by atoms with Gasteiger partial charge in [0.1, 0.15) is 5.25 Å². The smallest absolute Gasteiger partial charge is 0.316 e. The van der Waals surface area contributed by atoms with E-state index in [0.717, 1.165) is 10.5 Å². The number of nitrogen functional groups attached to an aromatic ring is 1. The van der Waals surface area contributed by atoms with Gasteiger partial charge in [-0.15, -0.1) is 11.8 Å². The second kappa shape index (κ2) is 4.37. The summed E-state index contributed by atoms with van der Waals surface area (Å²) < 4.78 is 0. The van der Waals surface area contributed by atoms with Gasteiger partial charge in [0.15, 0.2) is 0 Å². The first-order valence-electron chi connectivity index (χ1n) is 4.26. The van der Waals surface area contributed by atoms with Crippen molar-refractivity contribution in [3.63, 3.8) is 0 Å². The van der Waals surface area contributed by atoms with Gasteiger partial charge >= 0.3 is 5.97 Å². The van der Waals surface area contributed by atoms with Gasteiger partial charge in [0.2, 0.25) is 0 Å². The number of benzene rings is 1. The molecule has 0 saturated carbocycles. The van der Waals surface area contributed by atoms with Gasteiger partial charge in [0, 0.05) is 10.6 Å². The Labute approximate surface area is 87.3 Å². The normalized spacial score (nSPS) is 12.4. The van der Waals surface area contributed by atoms with E-state index in [4.69, 9.17) is 10.8 Å². The quantitative estimate of drug-likeness (QED) is 0.594. The van der Waals surface area contributed by atoms with Gasteiger partial charge < -0.3 is 10.8 Å². The fraction of sp³-hybridized carbons (Fsp3) is 0.300. The molecule has 0 fully saturated rings. The van der Waals surface area contributed by atoms with Crippen LogP contribution in [0, 0.1) is 6.92 Å². The average molecular weight is 211 g/mol. The van der Waals surface area contributed by atoms with Gasteiger partial charge in [-0.05, 0) is 31.5 Å². The largest absolute Gasteiger partial charge is 0.480 e. The topological polar surface area (TPSA) is 63.3 Å². The Hall–Kier alpha value is -1.16. The molecule has 0 aliphatic carbocycles. The molecule has 0 spiro atoms. The van der Waals surface area contributed by atoms with Gasteiger partial charge in [0.05, 0.1) is 0 Å². The highest BCUT2D eigenvalue weighted by atomic mass is 32.2. The lowest BCUT2D eigenvalue weighted by Crippen LogP contribution is -2.11. The van der Waals surface area contributed by atoms with Crippen molar-refractivity contribution in [1.82, 2.24) is 0 Å². The molecule has 0 saturated heterocycles. The number of thioether (sulfide) groups is 1. The second-order valence-corrected chi connectivity index (χ2v) is 4.52. The van der Waals surface area contributed by atoms with Gasteiger partial charge in [-0.1, -0.05) is 6.07 Å². The van der Waals surface area contributed by atoms with Crippen molar-refractivity contribution in [2.45, 2.75) is 24.0 Å². The minimum atomic E-state index is -0.824. The molecule has 0 bridgehead atoms. The zero-order valence-electron chi connectivity index (χ0n) is 8.15. The van der Waals surface area contributed by atoms with Crippen LogP contribution in [0.3, 0.4) is 0 Å². The van der Waals surface area contributed by atoms with Gasteiger partial charge in [-0.2, -0.15) is 0 Å². The number of rotatable bonds is 3. The zero-order valence-corrected chi connectivity index (χ0v) is 8.97. The van der Waals surface area contributed by atoms with E-state index in [1.54, 1.807) is 6.92 Å². The highest BCUT2D eigenvalue weighted by Crippen LogP contribution is 2.29. The summed E-state index contributed by atoms with van der Waals surface area (Å²) in [5.41, 5.74) is 7.48. The van der Waals surface area contributed by atoms with Crippen LogP contribution in [0.15, 0.2) is 23.1 Å². The lowest BCUT2D eigenvalue weighted by molar-refractivity contribution is -0.136. The van der Waals surface area contributed by atoms with Crippen molar-refractivity contribution in [1.29, 1.82) is 0 Å². The summed E-state index contributed by atoms with van der Waals surface area (Å²) >= 11 is 1.26. The number of aliphatic carboxylic acids is 1. The first-order chi connectivity index (χ1) is 6.50. The first kappa shape index (κ1) is 10.9. The molecule has 1 rings (SSSR count). The number of hydrogen-bond donors (Lipinski definition) is 2. The molecule has 0 radical (unpaired) electrons. The Balaban J connectivity index is 2.82. The predicted octanol–water partition coefficient (Wildman–Crippen LogP) is 2.14. The van der Waals surface area contributed by atoms with Crippen LogP contribution in [0.5, 0.6) is 0 Å². The van der Waals surface area contributed by atoms with E-state index < -0.39 is 11.2 Å². The Morgan fingerprint density at radius 2 is 2.21 bits per heavy atom. The van der Waals surface area contributed by atoms with Crippen molar-refractivity contribution < 1.29 is 9.90 Å². The highest BCUT2D eigenvalue weighted by molar-refractivity contribution is 8.00. The molecular formula is C10H13NO2S. The van der Waals surface area contributed by atoms with Crippen molar-refractivity contribution in [3.8, 4) is 0 Å². The number of hydrogen-bond acceptors (Lipinski definition) is 3. The maximum atomic E-state index is 10.6. The lowest BCUT2D eigenvalue weighted by atomic mass is 10.2. The van der Waals surface area contributed by atoms with E-state index in [1.165, 1.54) is 11.8 Å². The van der Waals surface area contributed by atoms with E-state index in [9.17, 15) is 4.79 Å². The van der Waals surface area contributed by atoms with Crippen LogP contribution in [0.4, 0.5) is 5.69 Å². The van der Waals surface area contributed by atoms with Crippen molar-refractivity contribution in [2.24, 2.45) is 0 Å². The molecule has 14 heavy (non-hydrogen) atoms. The maximum absolute atomic E-state index is 10.6. The number of nitrogens with two attached hydrogens (primary N) is 1. The molecular weight excluding hydrogens is 198 g/mol. The molecule has 4 heteroatoms. The monoisotopic (exact) mass is 211 g/mol. The molecule has 0 amide bonds. The molecule has 3 N–H and O–H groups in total. The molecule has 0 aliphatic rings. The third kappa shape index (κ3) is 2.67. The maximum Gasteiger partial charge on any atom is 0.316 e. The van der Waals surface area contributed by atoms with Crippen molar-refractivity contribution in [2.75, 3.05) is 5.73 Å². The minimum absolute atomic E-state index is 0.472. The second-order valence-electron chi connectivity index (χ2n) is 3.14. The van der Waals surface area contributed by atoms with Gasteiger partial charge in [-0.25, -0.2) is 0 Å². The van der Waals surface area contributed by atoms with Gasteiger partial charge in [-0.3, -0.25) is 4.79 Å². The Bertz CT molecular complexity index is 352. The molecule has 1 unspecified atom stereocenters. The average Bonchev–Trinajstić information content (AvgIpc) is 2.09. The number of carboxylic acid groups (broad SMARTS) is 1. The Kier molecular flexibility index (Phi) is 3.41. The zero-order chi connectivity index (χ0) is 10.7. The summed E-state index contributed by atoms with van der Waals surface area (Å²) in [7, 11) is 0. The van der Waals surface area contributed by atoms with E-state index in [2.05, 4.69) is 0 Å². The lowest BCUT2D eigenvalue weighted by Gasteiger charge is -2.08. The fourth-order valence-corrected chi connectivity index (χ4v) is 1.84. The van der Waals surface area contributed by atoms with Crippen LogP contribution in [0.2, 0.25) is 0 Å².